The predicted octanol–water partition coefficient (Wildman–Crippen LogP) is 2.67. The van der Waals surface area contributed by atoms with Gasteiger partial charge in [0, 0.05) is 12.3 Å². The molecule has 0 amide bonds. The van der Waals surface area contributed by atoms with Crippen molar-refractivity contribution >= 4 is 11.8 Å². The topological polar surface area (TPSA) is 80.4 Å². The zero-order valence-electron chi connectivity index (χ0n) is 11.2. The lowest BCUT2D eigenvalue weighted by molar-refractivity contribution is -0.192. The molecular formula is C13H20F3NO3. The number of halogens is 3. The molecule has 0 heterocycles. The third kappa shape index (κ3) is 8.68. The molecule has 3 N–H and O–H groups in total. The molecule has 0 fully saturated rings. The molecule has 1 aliphatic rings. The van der Waals surface area contributed by atoms with Gasteiger partial charge in [-0.25, -0.2) is 4.79 Å². The molecule has 1 unspecified atom stereocenters. The molecule has 0 aliphatic heterocycles. The number of hydrogen-bond acceptors (Lipinski definition) is 3. The molecule has 7 heteroatoms. The van der Waals surface area contributed by atoms with Crippen molar-refractivity contribution in [3.8, 4) is 0 Å². The van der Waals surface area contributed by atoms with Gasteiger partial charge in [0.2, 0.25) is 0 Å². The monoisotopic (exact) mass is 295 g/mol. The van der Waals surface area contributed by atoms with Crippen LogP contribution in [-0.2, 0) is 9.59 Å². The average Bonchev–Trinajstić information content (AvgIpc) is 2.39. The van der Waals surface area contributed by atoms with Crippen LogP contribution in [0, 0.1) is 5.92 Å². The van der Waals surface area contributed by atoms with Gasteiger partial charge in [0.15, 0.2) is 0 Å². The van der Waals surface area contributed by atoms with Crippen molar-refractivity contribution in [3.63, 3.8) is 0 Å². The van der Waals surface area contributed by atoms with Gasteiger partial charge in [-0.05, 0) is 38.6 Å². The Morgan fingerprint density at radius 1 is 1.25 bits per heavy atom. The Hall–Kier alpha value is -1.37. The van der Waals surface area contributed by atoms with Crippen LogP contribution in [0.2, 0.25) is 0 Å². The molecule has 116 valence electrons. The average molecular weight is 295 g/mol. The molecule has 0 spiro atoms. The van der Waals surface area contributed by atoms with Crippen LogP contribution in [0.4, 0.5) is 13.2 Å². The summed E-state index contributed by atoms with van der Waals surface area (Å²) in [7, 11) is 0. The van der Waals surface area contributed by atoms with E-state index in [0.29, 0.717) is 18.2 Å². The first-order valence-corrected chi connectivity index (χ1v) is 6.47. The highest BCUT2D eigenvalue weighted by atomic mass is 19.4. The van der Waals surface area contributed by atoms with Gasteiger partial charge in [-0.3, -0.25) is 4.79 Å². The number of unbranched alkanes of at least 4 members (excludes halogenated alkanes) is 1. The van der Waals surface area contributed by atoms with Gasteiger partial charge in [0.1, 0.15) is 5.78 Å². The summed E-state index contributed by atoms with van der Waals surface area (Å²) in [6.07, 6.45) is 4.99. The molecule has 1 atom stereocenters. The molecule has 0 aromatic heterocycles. The zero-order valence-corrected chi connectivity index (χ0v) is 11.2. The number of nitrogens with two attached hydrogens (primary N) is 1. The third-order valence-corrected chi connectivity index (χ3v) is 2.84. The number of allylic oxidation sites excluding steroid dienone is 2. The van der Waals surface area contributed by atoms with E-state index in [0.717, 1.165) is 38.5 Å². The highest BCUT2D eigenvalue weighted by molar-refractivity contribution is 5.81. The second-order valence-electron chi connectivity index (χ2n) is 4.50. The van der Waals surface area contributed by atoms with Crippen LogP contribution in [0.1, 0.15) is 38.5 Å². The number of alkyl halides is 3. The minimum Gasteiger partial charge on any atom is -0.475 e. The number of carboxylic acid groups (broad SMARTS) is 1. The summed E-state index contributed by atoms with van der Waals surface area (Å²) in [6, 6.07) is 0. The Kier molecular flexibility index (Phi) is 8.87. The van der Waals surface area contributed by atoms with Gasteiger partial charge in [-0.1, -0.05) is 12.2 Å². The van der Waals surface area contributed by atoms with Crippen molar-refractivity contribution < 1.29 is 27.9 Å². The Balaban J connectivity index is 0.000000441. The van der Waals surface area contributed by atoms with Crippen LogP contribution in [0.3, 0.4) is 0 Å². The number of Topliss-reactive ketones (excluding diaryl/α,β-unsaturated/α-hetero) is 1. The number of aliphatic carboxylic acids is 1. The highest BCUT2D eigenvalue weighted by Crippen LogP contribution is 2.20. The van der Waals surface area contributed by atoms with Gasteiger partial charge < -0.3 is 10.8 Å². The van der Waals surface area contributed by atoms with Crippen LogP contribution in [0.15, 0.2) is 12.2 Å². The summed E-state index contributed by atoms with van der Waals surface area (Å²) in [5.41, 5.74) is 5.37. The van der Waals surface area contributed by atoms with Crippen LogP contribution in [-0.4, -0.2) is 29.6 Å². The van der Waals surface area contributed by atoms with Crippen LogP contribution in [0.5, 0.6) is 0 Å². The fourth-order valence-corrected chi connectivity index (χ4v) is 1.73. The minimum atomic E-state index is -5.08. The van der Waals surface area contributed by atoms with Gasteiger partial charge >= 0.3 is 12.1 Å². The quantitative estimate of drug-likeness (QED) is 0.603. The van der Waals surface area contributed by atoms with Gasteiger partial charge in [-0.2, -0.15) is 13.2 Å². The Morgan fingerprint density at radius 3 is 2.25 bits per heavy atom. The zero-order chi connectivity index (χ0) is 15.6. The largest absolute Gasteiger partial charge is 0.490 e. The minimum absolute atomic E-state index is 0.308. The van der Waals surface area contributed by atoms with Crippen molar-refractivity contribution in [2.45, 2.75) is 44.7 Å². The summed E-state index contributed by atoms with van der Waals surface area (Å²) in [6.45, 7) is 0.706. The molecule has 4 nitrogen and oxygen atoms in total. The van der Waals surface area contributed by atoms with Crippen molar-refractivity contribution in [3.05, 3.63) is 12.2 Å². The second-order valence-corrected chi connectivity index (χ2v) is 4.50. The Morgan fingerprint density at radius 2 is 1.85 bits per heavy atom. The number of hydrogen-bond donors (Lipinski definition) is 2. The molecule has 0 bridgehead atoms. The third-order valence-electron chi connectivity index (χ3n) is 2.84. The predicted molar refractivity (Wildman–Crippen MR) is 68.1 cm³/mol. The first kappa shape index (κ1) is 18.6. The molecule has 0 aromatic rings. The van der Waals surface area contributed by atoms with E-state index in [-0.39, 0.29) is 0 Å². The summed E-state index contributed by atoms with van der Waals surface area (Å²) in [4.78, 5) is 20.5. The Labute approximate surface area is 115 Å². The lowest BCUT2D eigenvalue weighted by Crippen LogP contribution is -2.21. The van der Waals surface area contributed by atoms with Crippen molar-refractivity contribution in [1.82, 2.24) is 0 Å². The van der Waals surface area contributed by atoms with E-state index in [9.17, 15) is 18.0 Å². The molecule has 0 aromatic carbocycles. The smallest absolute Gasteiger partial charge is 0.475 e. The first-order valence-electron chi connectivity index (χ1n) is 6.47. The van der Waals surface area contributed by atoms with Crippen molar-refractivity contribution in [1.29, 1.82) is 0 Å². The first-order chi connectivity index (χ1) is 9.29. The molecule has 0 radical (unpaired) electrons. The van der Waals surface area contributed by atoms with Gasteiger partial charge in [-0.15, -0.1) is 0 Å². The van der Waals surface area contributed by atoms with E-state index in [4.69, 9.17) is 15.6 Å². The van der Waals surface area contributed by atoms with E-state index in [1.165, 1.54) is 0 Å². The summed E-state index contributed by atoms with van der Waals surface area (Å²) in [5, 5.41) is 7.12. The summed E-state index contributed by atoms with van der Waals surface area (Å²) >= 11 is 0. The highest BCUT2D eigenvalue weighted by Gasteiger charge is 2.38. The van der Waals surface area contributed by atoms with E-state index >= 15 is 0 Å². The van der Waals surface area contributed by atoms with E-state index in [1.54, 1.807) is 0 Å². The summed E-state index contributed by atoms with van der Waals surface area (Å²) in [5.74, 6) is -2.01. The maximum atomic E-state index is 11.6. The standard InChI is InChI=1S/C11H19NO.C2HF3O2/c12-9-5-4-8-11(13)10-6-2-1-3-7-10;3-2(4,5)1(6)7/h1-2,10H,3-9,12H2;(H,6,7). The maximum Gasteiger partial charge on any atom is 0.490 e. The van der Waals surface area contributed by atoms with E-state index < -0.39 is 12.1 Å². The number of carbonyl (C=O) groups excluding carboxylic acids is 1. The number of carbonyl (C=O) groups is 2. The van der Waals surface area contributed by atoms with Crippen molar-refractivity contribution in [2.24, 2.45) is 11.7 Å². The van der Waals surface area contributed by atoms with Crippen LogP contribution in [0.25, 0.3) is 0 Å². The fourth-order valence-electron chi connectivity index (χ4n) is 1.73. The number of ketones is 1. The molecular weight excluding hydrogens is 275 g/mol. The molecule has 0 saturated heterocycles. The van der Waals surface area contributed by atoms with Gasteiger partial charge in [0.25, 0.3) is 0 Å². The van der Waals surface area contributed by atoms with Crippen LogP contribution >= 0.6 is 0 Å². The number of carboxylic acids is 1. The Bertz CT molecular complexity index is 340. The van der Waals surface area contributed by atoms with Gasteiger partial charge in [0.05, 0.1) is 0 Å². The van der Waals surface area contributed by atoms with E-state index in [1.807, 2.05) is 0 Å². The fraction of sp³-hybridized carbons (Fsp3) is 0.692. The lowest BCUT2D eigenvalue weighted by Gasteiger charge is -2.15. The summed E-state index contributed by atoms with van der Waals surface area (Å²) < 4.78 is 31.7. The van der Waals surface area contributed by atoms with Crippen molar-refractivity contribution in [2.75, 3.05) is 6.54 Å². The lowest BCUT2D eigenvalue weighted by atomic mass is 9.88. The molecule has 1 aliphatic carbocycles. The van der Waals surface area contributed by atoms with Crippen LogP contribution < -0.4 is 5.73 Å². The molecule has 0 saturated carbocycles. The molecule has 1 rings (SSSR count). The second kappa shape index (κ2) is 9.52. The SMILES string of the molecule is NCCCCC(=O)C1CC=CCC1.O=C(O)C(F)(F)F. The van der Waals surface area contributed by atoms with E-state index in [2.05, 4.69) is 12.2 Å². The normalized spacial score (nSPS) is 18.1. The maximum absolute atomic E-state index is 11.6. The number of rotatable bonds is 5. The molecule has 20 heavy (non-hydrogen) atoms.